The number of hydrogen-bond acceptors (Lipinski definition) is 5. The van der Waals surface area contributed by atoms with Gasteiger partial charge in [0.15, 0.2) is 0 Å². The van der Waals surface area contributed by atoms with E-state index in [1.165, 1.54) is 12.5 Å². The van der Waals surface area contributed by atoms with Crippen LogP contribution in [-0.2, 0) is 14.8 Å². The van der Waals surface area contributed by atoms with Gasteiger partial charge in [0.1, 0.15) is 11.5 Å². The van der Waals surface area contributed by atoms with Gasteiger partial charge in [-0.1, -0.05) is 48.9 Å². The number of methoxy groups -OCH3 is 1. The molecule has 1 atom stereocenters. The van der Waals surface area contributed by atoms with Gasteiger partial charge in [0.05, 0.1) is 24.5 Å². The van der Waals surface area contributed by atoms with E-state index >= 15 is 0 Å². The minimum absolute atomic E-state index is 0.0893. The standard InChI is InChI=1S/C25H25NO5S/c1-30-21-13-12-19(17-7-4-8-17)24-23(21)20(14-15-31-24)25(27)26-32(28,29)22-11-5-9-16-6-2-3-10-18(16)22/h2-3,5-6,9-13,17,20H,4,7-8,14-15H2,1H3,(H,26,27)/t20-/m1/s1. The van der Waals surface area contributed by atoms with Gasteiger partial charge in [-0.15, -0.1) is 0 Å². The van der Waals surface area contributed by atoms with Crippen LogP contribution >= 0.6 is 0 Å². The molecule has 1 aliphatic heterocycles. The maximum atomic E-state index is 13.3. The van der Waals surface area contributed by atoms with Crippen molar-refractivity contribution in [3.63, 3.8) is 0 Å². The zero-order valence-corrected chi connectivity index (χ0v) is 18.7. The summed E-state index contributed by atoms with van der Waals surface area (Å²) in [6.45, 7) is 0.353. The molecule has 0 unspecified atom stereocenters. The summed E-state index contributed by atoms with van der Waals surface area (Å²) < 4.78 is 40.3. The van der Waals surface area contributed by atoms with E-state index in [4.69, 9.17) is 9.47 Å². The molecule has 166 valence electrons. The van der Waals surface area contributed by atoms with Crippen molar-refractivity contribution in [2.45, 2.75) is 42.4 Å². The summed E-state index contributed by atoms with van der Waals surface area (Å²) in [5, 5.41) is 1.37. The molecule has 7 heteroatoms. The summed E-state index contributed by atoms with van der Waals surface area (Å²) in [5.41, 5.74) is 1.73. The zero-order valence-electron chi connectivity index (χ0n) is 17.8. The van der Waals surface area contributed by atoms with Crippen LogP contribution in [0.1, 0.15) is 48.6 Å². The molecule has 0 bridgehead atoms. The lowest BCUT2D eigenvalue weighted by atomic mass is 9.77. The van der Waals surface area contributed by atoms with Crippen molar-refractivity contribution in [1.82, 2.24) is 4.72 Å². The van der Waals surface area contributed by atoms with E-state index < -0.39 is 21.8 Å². The second-order valence-corrected chi connectivity index (χ2v) is 10.0. The number of fused-ring (bicyclic) bond motifs is 2. The first-order valence-corrected chi connectivity index (χ1v) is 12.4. The van der Waals surface area contributed by atoms with Crippen LogP contribution in [0.25, 0.3) is 10.8 Å². The van der Waals surface area contributed by atoms with Gasteiger partial charge in [-0.05, 0) is 48.3 Å². The Kier molecular flexibility index (Phi) is 5.29. The molecule has 1 fully saturated rings. The molecule has 2 aliphatic rings. The zero-order chi connectivity index (χ0) is 22.3. The number of carbonyl (C=O) groups is 1. The average Bonchev–Trinajstić information content (AvgIpc) is 2.77. The lowest BCUT2D eigenvalue weighted by Gasteiger charge is -2.33. The molecule has 0 spiro atoms. The number of rotatable bonds is 5. The van der Waals surface area contributed by atoms with Gasteiger partial charge in [0.2, 0.25) is 5.91 Å². The molecule has 1 N–H and O–H groups in total. The average molecular weight is 452 g/mol. The fraction of sp³-hybridized carbons (Fsp3) is 0.320. The molecule has 6 nitrogen and oxygen atoms in total. The molecular formula is C25H25NO5S. The van der Waals surface area contributed by atoms with E-state index in [9.17, 15) is 13.2 Å². The van der Waals surface area contributed by atoms with Crippen molar-refractivity contribution >= 4 is 26.7 Å². The molecule has 1 aliphatic carbocycles. The van der Waals surface area contributed by atoms with Crippen LogP contribution in [0.4, 0.5) is 0 Å². The van der Waals surface area contributed by atoms with Crippen molar-refractivity contribution in [1.29, 1.82) is 0 Å². The highest BCUT2D eigenvalue weighted by Crippen LogP contribution is 2.49. The second-order valence-electron chi connectivity index (χ2n) is 8.36. The second kappa shape index (κ2) is 8.13. The van der Waals surface area contributed by atoms with E-state index in [0.717, 1.165) is 23.8 Å². The summed E-state index contributed by atoms with van der Waals surface area (Å²) in [7, 11) is -2.51. The first-order valence-electron chi connectivity index (χ1n) is 10.9. The van der Waals surface area contributed by atoms with Crippen LogP contribution in [0.15, 0.2) is 59.5 Å². The Balaban J connectivity index is 1.51. The number of amides is 1. The molecule has 3 aromatic carbocycles. The highest BCUT2D eigenvalue weighted by Gasteiger charge is 2.36. The largest absolute Gasteiger partial charge is 0.496 e. The Bertz CT molecular complexity index is 1290. The van der Waals surface area contributed by atoms with Crippen LogP contribution in [0.3, 0.4) is 0 Å². The number of sulfonamides is 1. The van der Waals surface area contributed by atoms with Crippen LogP contribution in [0.2, 0.25) is 0 Å². The van der Waals surface area contributed by atoms with Crippen molar-refractivity contribution in [2.24, 2.45) is 0 Å². The Morgan fingerprint density at radius 1 is 1.03 bits per heavy atom. The topological polar surface area (TPSA) is 81.7 Å². The summed E-state index contributed by atoms with van der Waals surface area (Å²) in [4.78, 5) is 13.4. The van der Waals surface area contributed by atoms with Crippen molar-refractivity contribution in [3.05, 3.63) is 65.7 Å². The predicted molar refractivity (Wildman–Crippen MR) is 122 cm³/mol. The van der Waals surface area contributed by atoms with Gasteiger partial charge in [-0.3, -0.25) is 4.79 Å². The SMILES string of the molecule is COc1ccc(C2CCC2)c2c1[C@H](C(=O)NS(=O)(=O)c1cccc3ccccc13)CCO2. The molecule has 0 saturated heterocycles. The number of carbonyl (C=O) groups excluding carboxylic acids is 1. The van der Waals surface area contributed by atoms with E-state index in [2.05, 4.69) is 4.72 Å². The minimum atomic E-state index is -4.06. The Labute approximate surface area is 187 Å². The lowest BCUT2D eigenvalue weighted by Crippen LogP contribution is -2.37. The molecule has 1 amide bonds. The van der Waals surface area contributed by atoms with E-state index in [0.29, 0.717) is 41.4 Å². The van der Waals surface area contributed by atoms with Gasteiger partial charge in [0.25, 0.3) is 10.0 Å². The van der Waals surface area contributed by atoms with E-state index in [-0.39, 0.29) is 4.90 Å². The summed E-state index contributed by atoms with van der Waals surface area (Å²) in [6.07, 6.45) is 3.75. The Morgan fingerprint density at radius 2 is 1.81 bits per heavy atom. The van der Waals surface area contributed by atoms with Gasteiger partial charge in [-0.2, -0.15) is 0 Å². The number of benzene rings is 3. The highest BCUT2D eigenvalue weighted by molar-refractivity contribution is 7.90. The normalized spacial score (nSPS) is 18.3. The van der Waals surface area contributed by atoms with Crippen LogP contribution in [0.5, 0.6) is 11.5 Å². The fourth-order valence-corrected chi connectivity index (χ4v) is 5.93. The van der Waals surface area contributed by atoms with Gasteiger partial charge in [-0.25, -0.2) is 13.1 Å². The van der Waals surface area contributed by atoms with Gasteiger partial charge < -0.3 is 9.47 Å². The number of nitrogens with one attached hydrogen (secondary N) is 1. The van der Waals surface area contributed by atoms with Crippen LogP contribution in [-0.4, -0.2) is 28.0 Å². The lowest BCUT2D eigenvalue weighted by molar-refractivity contribution is -0.121. The molecule has 5 rings (SSSR count). The first-order chi connectivity index (χ1) is 15.5. The fourth-order valence-electron chi connectivity index (χ4n) is 4.68. The van der Waals surface area contributed by atoms with Crippen molar-refractivity contribution in [2.75, 3.05) is 13.7 Å². The number of ether oxygens (including phenoxy) is 2. The third kappa shape index (κ3) is 3.50. The Hall–Kier alpha value is -3.06. The predicted octanol–water partition coefficient (Wildman–Crippen LogP) is 4.49. The smallest absolute Gasteiger partial charge is 0.264 e. The first kappa shape index (κ1) is 20.8. The molecule has 1 saturated carbocycles. The summed E-state index contributed by atoms with van der Waals surface area (Å²) in [5.74, 6) is 0.411. The molecule has 0 radical (unpaired) electrons. The third-order valence-electron chi connectivity index (χ3n) is 6.54. The molecular weight excluding hydrogens is 426 g/mol. The van der Waals surface area contributed by atoms with Crippen LogP contribution < -0.4 is 14.2 Å². The Morgan fingerprint density at radius 3 is 2.56 bits per heavy atom. The molecule has 0 aromatic heterocycles. The molecule has 32 heavy (non-hydrogen) atoms. The third-order valence-corrected chi connectivity index (χ3v) is 7.95. The van der Waals surface area contributed by atoms with E-state index in [1.54, 1.807) is 25.3 Å². The monoisotopic (exact) mass is 451 g/mol. The summed E-state index contributed by atoms with van der Waals surface area (Å²) in [6, 6.07) is 16.1. The highest BCUT2D eigenvalue weighted by atomic mass is 32.2. The van der Waals surface area contributed by atoms with Crippen molar-refractivity contribution < 1.29 is 22.7 Å². The quantitative estimate of drug-likeness (QED) is 0.618. The van der Waals surface area contributed by atoms with E-state index in [1.807, 2.05) is 30.3 Å². The molecule has 1 heterocycles. The van der Waals surface area contributed by atoms with Crippen LogP contribution in [0, 0.1) is 0 Å². The van der Waals surface area contributed by atoms with Gasteiger partial charge in [0, 0.05) is 10.9 Å². The maximum absolute atomic E-state index is 13.3. The summed E-state index contributed by atoms with van der Waals surface area (Å²) >= 11 is 0. The maximum Gasteiger partial charge on any atom is 0.264 e. The molecule has 3 aromatic rings. The van der Waals surface area contributed by atoms with Crippen molar-refractivity contribution in [3.8, 4) is 11.5 Å². The number of hydrogen-bond donors (Lipinski definition) is 1. The van der Waals surface area contributed by atoms with Gasteiger partial charge >= 0.3 is 0 Å². The minimum Gasteiger partial charge on any atom is -0.496 e.